The third-order valence-electron chi connectivity index (χ3n) is 2.46. The average molecular weight is 291 g/mol. The first kappa shape index (κ1) is 14.3. The van der Waals surface area contributed by atoms with Crippen LogP contribution in [-0.2, 0) is 11.3 Å². The second kappa shape index (κ2) is 6.37. The van der Waals surface area contributed by atoms with Gasteiger partial charge >= 0.3 is 5.97 Å². The molecule has 1 amide bonds. The molecule has 2 rings (SSSR count). The molecule has 0 spiro atoms. The predicted molar refractivity (Wildman–Crippen MR) is 68.4 cm³/mol. The van der Waals surface area contributed by atoms with Crippen LogP contribution in [0.25, 0.3) is 6.08 Å². The summed E-state index contributed by atoms with van der Waals surface area (Å²) in [6.45, 7) is 0.0532. The number of aromatic amines is 1. The SMILES string of the molecule is O=C(O)C=Cc1ccc(C(=O)NCc2nn[nH]n2)cc1F. The Bertz CT molecular complexity index is 684. The van der Waals surface area contributed by atoms with Gasteiger partial charge in [-0.25, -0.2) is 9.18 Å². The van der Waals surface area contributed by atoms with Gasteiger partial charge < -0.3 is 10.4 Å². The first-order valence-corrected chi connectivity index (χ1v) is 5.77. The van der Waals surface area contributed by atoms with Gasteiger partial charge in [0.1, 0.15) is 5.82 Å². The third kappa shape index (κ3) is 3.93. The van der Waals surface area contributed by atoms with E-state index in [1.54, 1.807) is 0 Å². The Morgan fingerprint density at radius 3 is 2.86 bits per heavy atom. The molecule has 0 aliphatic heterocycles. The van der Waals surface area contributed by atoms with Crippen LogP contribution in [0.5, 0.6) is 0 Å². The molecule has 21 heavy (non-hydrogen) atoms. The van der Waals surface area contributed by atoms with Gasteiger partial charge in [0.2, 0.25) is 0 Å². The second-order valence-corrected chi connectivity index (χ2v) is 3.92. The van der Waals surface area contributed by atoms with Gasteiger partial charge in [-0.1, -0.05) is 11.3 Å². The molecule has 0 bridgehead atoms. The molecule has 9 heteroatoms. The lowest BCUT2D eigenvalue weighted by Crippen LogP contribution is -2.23. The van der Waals surface area contributed by atoms with Crippen LogP contribution in [0.3, 0.4) is 0 Å². The minimum Gasteiger partial charge on any atom is -0.478 e. The quantitative estimate of drug-likeness (QED) is 0.684. The van der Waals surface area contributed by atoms with Crippen LogP contribution in [0, 0.1) is 5.82 Å². The van der Waals surface area contributed by atoms with Gasteiger partial charge in [0.15, 0.2) is 5.82 Å². The highest BCUT2D eigenvalue weighted by Gasteiger charge is 2.09. The lowest BCUT2D eigenvalue weighted by atomic mass is 10.1. The monoisotopic (exact) mass is 291 g/mol. The standard InChI is InChI=1S/C12H10FN5O3/c13-9-5-8(2-1-7(9)3-4-11(19)20)12(21)14-6-10-15-17-18-16-10/h1-5H,6H2,(H,14,21)(H,19,20)(H,15,16,17,18). The van der Waals surface area contributed by atoms with Gasteiger partial charge in [0.05, 0.1) is 6.54 Å². The smallest absolute Gasteiger partial charge is 0.328 e. The zero-order valence-corrected chi connectivity index (χ0v) is 10.6. The Balaban J connectivity index is 2.05. The summed E-state index contributed by atoms with van der Waals surface area (Å²) in [5, 5.41) is 23.8. The van der Waals surface area contributed by atoms with Crippen molar-refractivity contribution in [2.75, 3.05) is 0 Å². The van der Waals surface area contributed by atoms with Crippen molar-refractivity contribution in [3.63, 3.8) is 0 Å². The molecule has 0 fully saturated rings. The van der Waals surface area contributed by atoms with E-state index in [0.29, 0.717) is 5.82 Å². The maximum absolute atomic E-state index is 13.7. The van der Waals surface area contributed by atoms with Crippen LogP contribution in [0.2, 0.25) is 0 Å². The number of carbonyl (C=O) groups is 2. The zero-order chi connectivity index (χ0) is 15.2. The van der Waals surface area contributed by atoms with Crippen LogP contribution >= 0.6 is 0 Å². The topological polar surface area (TPSA) is 121 Å². The largest absolute Gasteiger partial charge is 0.478 e. The Morgan fingerprint density at radius 2 is 2.24 bits per heavy atom. The molecule has 8 nitrogen and oxygen atoms in total. The first-order chi connectivity index (χ1) is 10.1. The van der Waals surface area contributed by atoms with Crippen molar-refractivity contribution in [2.45, 2.75) is 6.54 Å². The number of carboxylic acids is 1. The number of carboxylic acid groups (broad SMARTS) is 1. The lowest BCUT2D eigenvalue weighted by Gasteiger charge is -2.04. The van der Waals surface area contributed by atoms with E-state index in [1.165, 1.54) is 12.1 Å². The fourth-order valence-electron chi connectivity index (χ4n) is 1.48. The van der Waals surface area contributed by atoms with Gasteiger partial charge in [0.25, 0.3) is 5.91 Å². The van der Waals surface area contributed by atoms with E-state index in [0.717, 1.165) is 18.2 Å². The van der Waals surface area contributed by atoms with E-state index in [2.05, 4.69) is 25.9 Å². The number of benzene rings is 1. The normalized spacial score (nSPS) is 10.7. The second-order valence-electron chi connectivity index (χ2n) is 3.92. The summed E-state index contributed by atoms with van der Waals surface area (Å²) in [6, 6.07) is 3.72. The molecule has 0 radical (unpaired) electrons. The molecule has 108 valence electrons. The van der Waals surface area contributed by atoms with E-state index in [1.807, 2.05) is 0 Å². The average Bonchev–Trinajstić information content (AvgIpc) is 2.96. The highest BCUT2D eigenvalue weighted by Crippen LogP contribution is 2.12. The van der Waals surface area contributed by atoms with Gasteiger partial charge in [-0.15, -0.1) is 10.2 Å². The summed E-state index contributed by atoms with van der Waals surface area (Å²) < 4.78 is 13.7. The Hall–Kier alpha value is -3.10. The molecule has 1 aromatic heterocycles. The van der Waals surface area contributed by atoms with Crippen molar-refractivity contribution in [2.24, 2.45) is 0 Å². The number of nitrogens with one attached hydrogen (secondary N) is 2. The van der Waals surface area contributed by atoms with Crippen molar-refractivity contribution < 1.29 is 19.1 Å². The van der Waals surface area contributed by atoms with E-state index in [9.17, 15) is 14.0 Å². The van der Waals surface area contributed by atoms with Gasteiger partial charge in [-0.3, -0.25) is 4.79 Å². The Kier molecular flexibility index (Phi) is 4.34. The molecule has 2 aromatic rings. The number of rotatable bonds is 5. The van der Waals surface area contributed by atoms with Crippen LogP contribution in [0.4, 0.5) is 4.39 Å². The number of tetrazole rings is 1. The molecule has 0 aliphatic carbocycles. The van der Waals surface area contributed by atoms with Gasteiger partial charge in [-0.05, 0) is 18.2 Å². The zero-order valence-electron chi connectivity index (χ0n) is 10.6. The van der Waals surface area contributed by atoms with E-state index in [-0.39, 0.29) is 17.7 Å². The van der Waals surface area contributed by atoms with Crippen LogP contribution in [-0.4, -0.2) is 37.6 Å². The maximum atomic E-state index is 13.7. The van der Waals surface area contributed by atoms with E-state index >= 15 is 0 Å². The number of halogens is 1. The molecule has 1 heterocycles. The number of H-pyrrole nitrogens is 1. The summed E-state index contributed by atoms with van der Waals surface area (Å²) in [4.78, 5) is 22.2. The molecular formula is C12H10FN5O3. The van der Waals surface area contributed by atoms with Crippen molar-refractivity contribution in [1.82, 2.24) is 25.9 Å². The first-order valence-electron chi connectivity index (χ1n) is 5.77. The number of amides is 1. The van der Waals surface area contributed by atoms with Crippen molar-refractivity contribution in [1.29, 1.82) is 0 Å². The van der Waals surface area contributed by atoms with Crippen LogP contribution in [0.15, 0.2) is 24.3 Å². The Labute approximate surface area is 117 Å². The summed E-state index contributed by atoms with van der Waals surface area (Å²) in [7, 11) is 0. The third-order valence-corrected chi connectivity index (χ3v) is 2.46. The minimum absolute atomic E-state index is 0.0532. The number of aliphatic carboxylic acids is 1. The number of nitrogens with zero attached hydrogens (tertiary/aromatic N) is 3. The molecule has 0 unspecified atom stereocenters. The molecule has 0 aliphatic rings. The van der Waals surface area contributed by atoms with Crippen LogP contribution in [0.1, 0.15) is 21.7 Å². The highest BCUT2D eigenvalue weighted by molar-refractivity contribution is 5.94. The minimum atomic E-state index is -1.18. The molecule has 3 N–H and O–H groups in total. The summed E-state index contributed by atoms with van der Waals surface area (Å²) in [5.41, 5.74) is 0.176. The molecule has 0 saturated carbocycles. The van der Waals surface area contributed by atoms with E-state index < -0.39 is 17.7 Å². The maximum Gasteiger partial charge on any atom is 0.328 e. The molecule has 0 atom stereocenters. The van der Waals surface area contributed by atoms with Gasteiger partial charge in [-0.2, -0.15) is 5.21 Å². The number of hydrogen-bond donors (Lipinski definition) is 3. The van der Waals surface area contributed by atoms with E-state index in [4.69, 9.17) is 5.11 Å². The van der Waals surface area contributed by atoms with Crippen molar-refractivity contribution in [3.05, 3.63) is 47.0 Å². The molecule has 0 saturated heterocycles. The summed E-state index contributed by atoms with van der Waals surface area (Å²) >= 11 is 0. The fraction of sp³-hybridized carbons (Fsp3) is 0.0833. The van der Waals surface area contributed by atoms with Crippen molar-refractivity contribution >= 4 is 18.0 Å². The number of aromatic nitrogens is 4. The summed E-state index contributed by atoms with van der Waals surface area (Å²) in [5.74, 6) is -2.09. The lowest BCUT2D eigenvalue weighted by molar-refractivity contribution is -0.131. The number of hydrogen-bond acceptors (Lipinski definition) is 5. The fourth-order valence-corrected chi connectivity index (χ4v) is 1.48. The number of carbonyl (C=O) groups excluding carboxylic acids is 1. The summed E-state index contributed by atoms with van der Waals surface area (Å²) in [6.07, 6.45) is 1.92. The molecule has 1 aromatic carbocycles. The predicted octanol–water partition coefficient (Wildman–Crippen LogP) is 0.367. The Morgan fingerprint density at radius 1 is 1.43 bits per heavy atom. The van der Waals surface area contributed by atoms with Crippen molar-refractivity contribution in [3.8, 4) is 0 Å². The molecular weight excluding hydrogens is 281 g/mol. The highest BCUT2D eigenvalue weighted by atomic mass is 19.1. The van der Waals surface area contributed by atoms with Crippen LogP contribution < -0.4 is 5.32 Å². The van der Waals surface area contributed by atoms with Gasteiger partial charge in [0, 0.05) is 17.2 Å².